The number of benzene rings is 2. The summed E-state index contributed by atoms with van der Waals surface area (Å²) in [5.74, 6) is -1.47. The van der Waals surface area contributed by atoms with Crippen LogP contribution >= 0.6 is 0 Å². The largest absolute Gasteiger partial charge is 0.481 e. The lowest BCUT2D eigenvalue weighted by Crippen LogP contribution is -1.99. The topological polar surface area (TPSA) is 99.3 Å². The molecule has 0 saturated heterocycles. The lowest BCUT2D eigenvalue weighted by molar-refractivity contribution is -0.136. The van der Waals surface area contributed by atoms with E-state index in [1.807, 2.05) is 0 Å². The first-order valence-corrected chi connectivity index (χ1v) is 9.21. The Hall–Kier alpha value is -2.87. The summed E-state index contributed by atoms with van der Waals surface area (Å²) in [5.41, 5.74) is 1.98. The summed E-state index contributed by atoms with van der Waals surface area (Å²) in [6.45, 7) is 0. The summed E-state index contributed by atoms with van der Waals surface area (Å²) < 4.78 is 36.8. The van der Waals surface area contributed by atoms with Crippen molar-refractivity contribution in [3.05, 3.63) is 54.0 Å². The van der Waals surface area contributed by atoms with Gasteiger partial charge in [0.1, 0.15) is 5.82 Å². The SMILES string of the molecule is CS(=O)(=O)c1ccc(Nc2cc(F)cc3[nH]c(CC(=O)O)cc23)cc1. The van der Waals surface area contributed by atoms with Crippen LogP contribution < -0.4 is 5.32 Å². The molecule has 2 aromatic carbocycles. The van der Waals surface area contributed by atoms with E-state index in [1.54, 1.807) is 18.2 Å². The lowest BCUT2D eigenvalue weighted by atomic mass is 10.2. The number of carboxylic acids is 1. The molecule has 0 saturated carbocycles. The zero-order chi connectivity index (χ0) is 18.2. The highest BCUT2D eigenvalue weighted by Crippen LogP contribution is 2.29. The molecule has 0 spiro atoms. The third kappa shape index (κ3) is 3.80. The summed E-state index contributed by atoms with van der Waals surface area (Å²) in [5, 5.41) is 12.6. The zero-order valence-electron chi connectivity index (χ0n) is 13.2. The van der Waals surface area contributed by atoms with Gasteiger partial charge in [-0.15, -0.1) is 0 Å². The van der Waals surface area contributed by atoms with E-state index in [-0.39, 0.29) is 11.3 Å². The standard InChI is InChI=1S/C17H15FN2O4S/c1-25(23,24)13-4-2-11(3-5-13)19-15-6-10(18)7-16-14(15)8-12(20-16)9-17(21)22/h2-8,19-20H,9H2,1H3,(H,21,22). The molecule has 6 nitrogen and oxygen atoms in total. The Labute approximate surface area is 143 Å². The summed E-state index contributed by atoms with van der Waals surface area (Å²) in [4.78, 5) is 13.9. The van der Waals surface area contributed by atoms with Crippen LogP contribution in [0.2, 0.25) is 0 Å². The molecule has 0 unspecified atom stereocenters. The molecule has 0 bridgehead atoms. The Morgan fingerprint density at radius 3 is 2.48 bits per heavy atom. The van der Waals surface area contributed by atoms with Crippen LogP contribution in [0, 0.1) is 5.82 Å². The van der Waals surface area contributed by atoms with Crippen molar-refractivity contribution in [2.24, 2.45) is 0 Å². The third-order valence-electron chi connectivity index (χ3n) is 3.66. The molecule has 0 amide bonds. The summed E-state index contributed by atoms with van der Waals surface area (Å²) in [6, 6.07) is 10.3. The zero-order valence-corrected chi connectivity index (χ0v) is 14.0. The van der Waals surface area contributed by atoms with E-state index < -0.39 is 21.6 Å². The Bertz CT molecular complexity index is 1060. The van der Waals surface area contributed by atoms with E-state index >= 15 is 0 Å². The molecule has 3 aromatic rings. The number of carbonyl (C=O) groups is 1. The predicted molar refractivity (Wildman–Crippen MR) is 92.4 cm³/mol. The number of aromatic nitrogens is 1. The van der Waals surface area contributed by atoms with E-state index in [1.165, 1.54) is 24.3 Å². The first-order chi connectivity index (χ1) is 11.7. The molecule has 8 heteroatoms. The average molecular weight is 362 g/mol. The van der Waals surface area contributed by atoms with Crippen LogP contribution in [-0.4, -0.2) is 30.7 Å². The van der Waals surface area contributed by atoms with Gasteiger partial charge in [-0.2, -0.15) is 0 Å². The maximum atomic E-state index is 13.8. The van der Waals surface area contributed by atoms with Crippen LogP contribution in [0.3, 0.4) is 0 Å². The second-order valence-electron chi connectivity index (χ2n) is 5.70. The smallest absolute Gasteiger partial charge is 0.309 e. The van der Waals surface area contributed by atoms with Gasteiger partial charge in [-0.25, -0.2) is 12.8 Å². The van der Waals surface area contributed by atoms with Crippen molar-refractivity contribution in [3.63, 3.8) is 0 Å². The molecule has 0 radical (unpaired) electrons. The summed E-state index contributed by atoms with van der Waals surface area (Å²) in [6.07, 6.45) is 0.925. The molecule has 130 valence electrons. The maximum absolute atomic E-state index is 13.8. The first-order valence-electron chi connectivity index (χ1n) is 7.32. The van der Waals surface area contributed by atoms with Crippen LogP contribution in [0.1, 0.15) is 5.69 Å². The minimum atomic E-state index is -3.29. The van der Waals surface area contributed by atoms with Crippen molar-refractivity contribution in [1.82, 2.24) is 4.98 Å². The minimum Gasteiger partial charge on any atom is -0.481 e. The van der Waals surface area contributed by atoms with Crippen molar-refractivity contribution < 1.29 is 22.7 Å². The highest BCUT2D eigenvalue weighted by Gasteiger charge is 2.11. The number of hydrogen-bond donors (Lipinski definition) is 3. The van der Waals surface area contributed by atoms with E-state index in [9.17, 15) is 17.6 Å². The Kier molecular flexibility index (Phi) is 4.22. The highest BCUT2D eigenvalue weighted by molar-refractivity contribution is 7.90. The van der Waals surface area contributed by atoms with Gasteiger partial charge in [-0.1, -0.05) is 0 Å². The molecule has 3 N–H and O–H groups in total. The maximum Gasteiger partial charge on any atom is 0.309 e. The molecule has 0 aliphatic rings. The monoisotopic (exact) mass is 362 g/mol. The second kappa shape index (κ2) is 6.21. The Morgan fingerprint density at radius 2 is 1.88 bits per heavy atom. The fourth-order valence-corrected chi connectivity index (χ4v) is 3.19. The second-order valence-corrected chi connectivity index (χ2v) is 7.72. The molecule has 0 aliphatic carbocycles. The molecule has 3 rings (SSSR count). The van der Waals surface area contributed by atoms with Gasteiger partial charge in [0.15, 0.2) is 9.84 Å². The third-order valence-corrected chi connectivity index (χ3v) is 4.79. The van der Waals surface area contributed by atoms with E-state index in [0.29, 0.717) is 28.0 Å². The average Bonchev–Trinajstić information content (AvgIpc) is 2.88. The van der Waals surface area contributed by atoms with Crippen LogP contribution in [-0.2, 0) is 21.1 Å². The molecule has 0 fully saturated rings. The van der Waals surface area contributed by atoms with Crippen molar-refractivity contribution in [2.45, 2.75) is 11.3 Å². The number of aromatic amines is 1. The van der Waals surface area contributed by atoms with Gasteiger partial charge in [-0.05, 0) is 42.5 Å². The molecular formula is C17H15FN2O4S. The van der Waals surface area contributed by atoms with Gasteiger partial charge in [0.25, 0.3) is 0 Å². The van der Waals surface area contributed by atoms with Crippen LogP contribution in [0.5, 0.6) is 0 Å². The number of sulfone groups is 1. The number of fused-ring (bicyclic) bond motifs is 1. The molecular weight excluding hydrogens is 347 g/mol. The molecule has 1 heterocycles. The van der Waals surface area contributed by atoms with Gasteiger partial charge in [0, 0.05) is 23.0 Å². The summed E-state index contributed by atoms with van der Waals surface area (Å²) in [7, 11) is -3.29. The van der Waals surface area contributed by atoms with Gasteiger partial charge in [-0.3, -0.25) is 4.79 Å². The number of halogens is 1. The fourth-order valence-electron chi connectivity index (χ4n) is 2.56. The first kappa shape index (κ1) is 17.0. The van der Waals surface area contributed by atoms with Crippen molar-refractivity contribution >= 4 is 38.1 Å². The lowest BCUT2D eigenvalue weighted by Gasteiger charge is -2.09. The van der Waals surface area contributed by atoms with Gasteiger partial charge in [0.2, 0.25) is 0 Å². The molecule has 0 aliphatic heterocycles. The Balaban J connectivity index is 1.97. The number of nitrogens with one attached hydrogen (secondary N) is 2. The quantitative estimate of drug-likeness (QED) is 0.648. The van der Waals surface area contributed by atoms with Gasteiger partial charge >= 0.3 is 5.97 Å². The Morgan fingerprint density at radius 1 is 1.20 bits per heavy atom. The number of aliphatic carboxylic acids is 1. The molecule has 1 aromatic heterocycles. The van der Waals surface area contributed by atoms with Crippen molar-refractivity contribution in [3.8, 4) is 0 Å². The predicted octanol–water partition coefficient (Wildman–Crippen LogP) is 3.08. The fraction of sp³-hybridized carbons (Fsp3) is 0.118. The number of carboxylic acid groups (broad SMARTS) is 1. The normalized spacial score (nSPS) is 11.6. The molecule has 25 heavy (non-hydrogen) atoms. The highest BCUT2D eigenvalue weighted by atomic mass is 32.2. The number of anilines is 2. The van der Waals surface area contributed by atoms with Crippen LogP contribution in [0.15, 0.2) is 47.4 Å². The van der Waals surface area contributed by atoms with Gasteiger partial charge in [0.05, 0.1) is 22.5 Å². The minimum absolute atomic E-state index is 0.188. The van der Waals surface area contributed by atoms with Crippen molar-refractivity contribution in [2.75, 3.05) is 11.6 Å². The summed E-state index contributed by atoms with van der Waals surface area (Å²) >= 11 is 0. The van der Waals surface area contributed by atoms with Gasteiger partial charge < -0.3 is 15.4 Å². The van der Waals surface area contributed by atoms with Crippen LogP contribution in [0.4, 0.5) is 15.8 Å². The number of rotatable bonds is 5. The van der Waals surface area contributed by atoms with E-state index in [2.05, 4.69) is 10.3 Å². The van der Waals surface area contributed by atoms with Crippen LogP contribution in [0.25, 0.3) is 10.9 Å². The van der Waals surface area contributed by atoms with E-state index in [4.69, 9.17) is 5.11 Å². The van der Waals surface area contributed by atoms with Crippen molar-refractivity contribution in [1.29, 1.82) is 0 Å². The molecule has 0 atom stereocenters. The van der Waals surface area contributed by atoms with E-state index in [0.717, 1.165) is 6.26 Å². The number of H-pyrrole nitrogens is 1. The number of hydrogen-bond acceptors (Lipinski definition) is 4.